The summed E-state index contributed by atoms with van der Waals surface area (Å²) in [6.07, 6.45) is 7.96. The van der Waals surface area contributed by atoms with Crippen LogP contribution >= 0.6 is 0 Å². The third-order valence-electron chi connectivity index (χ3n) is 6.82. The summed E-state index contributed by atoms with van der Waals surface area (Å²) in [5.74, 6) is 2.65. The minimum Gasteiger partial charge on any atom is -0.504 e. The Morgan fingerprint density at radius 1 is 1.21 bits per heavy atom. The largest absolute Gasteiger partial charge is 0.504 e. The predicted molar refractivity (Wildman–Crippen MR) is 92.2 cm³/mol. The molecule has 0 saturated heterocycles. The van der Waals surface area contributed by atoms with Gasteiger partial charge in [0.25, 0.3) is 5.91 Å². The lowest BCUT2D eigenvalue weighted by Gasteiger charge is -2.59. The van der Waals surface area contributed by atoms with Gasteiger partial charge in [-0.05, 0) is 80.8 Å². The molecule has 1 aromatic rings. The van der Waals surface area contributed by atoms with Crippen molar-refractivity contribution >= 4 is 5.91 Å². The molecule has 1 aromatic carbocycles. The number of benzene rings is 1. The third kappa shape index (κ3) is 2.47. The average molecular weight is 329 g/mol. The van der Waals surface area contributed by atoms with Crippen molar-refractivity contribution in [2.24, 2.45) is 23.2 Å². The molecule has 4 heteroatoms. The number of nitrogens with one attached hydrogen (secondary N) is 1. The van der Waals surface area contributed by atoms with E-state index in [4.69, 9.17) is 4.74 Å². The van der Waals surface area contributed by atoms with E-state index in [1.54, 1.807) is 18.2 Å². The second-order valence-electron chi connectivity index (χ2n) is 8.33. The number of amides is 1. The molecule has 24 heavy (non-hydrogen) atoms. The number of methoxy groups -OCH3 is 1. The van der Waals surface area contributed by atoms with Crippen molar-refractivity contribution in [3.05, 3.63) is 23.8 Å². The highest BCUT2D eigenvalue weighted by atomic mass is 16.5. The summed E-state index contributed by atoms with van der Waals surface area (Å²) in [7, 11) is 1.49. The Hall–Kier alpha value is -1.71. The lowest BCUT2D eigenvalue weighted by Crippen LogP contribution is -2.55. The summed E-state index contributed by atoms with van der Waals surface area (Å²) in [6, 6.07) is 5.20. The van der Waals surface area contributed by atoms with Gasteiger partial charge in [-0.15, -0.1) is 0 Å². The molecule has 0 aromatic heterocycles. The summed E-state index contributed by atoms with van der Waals surface area (Å²) < 4.78 is 5.11. The number of hydrogen-bond donors (Lipinski definition) is 2. The van der Waals surface area contributed by atoms with Gasteiger partial charge in [0.2, 0.25) is 0 Å². The van der Waals surface area contributed by atoms with Crippen LogP contribution in [0.25, 0.3) is 0 Å². The topological polar surface area (TPSA) is 58.6 Å². The van der Waals surface area contributed by atoms with Crippen LogP contribution in [0.5, 0.6) is 11.5 Å². The molecule has 0 heterocycles. The molecule has 2 N–H and O–H groups in total. The number of para-hydroxylation sites is 1. The number of phenols is 1. The molecule has 0 radical (unpaired) electrons. The lowest BCUT2D eigenvalue weighted by molar-refractivity contribution is -0.0688. The maximum atomic E-state index is 12.7. The second kappa shape index (κ2) is 5.68. The molecule has 1 amide bonds. The third-order valence-corrected chi connectivity index (χ3v) is 6.82. The van der Waals surface area contributed by atoms with Crippen LogP contribution in [0.2, 0.25) is 0 Å². The van der Waals surface area contributed by atoms with Crippen LogP contribution in [-0.2, 0) is 0 Å². The zero-order valence-electron chi connectivity index (χ0n) is 14.5. The van der Waals surface area contributed by atoms with Crippen molar-refractivity contribution in [1.82, 2.24) is 5.32 Å². The Kier molecular flexibility index (Phi) is 3.74. The van der Waals surface area contributed by atoms with Gasteiger partial charge in [0.05, 0.1) is 12.7 Å². The quantitative estimate of drug-likeness (QED) is 0.885. The average Bonchev–Trinajstić information content (AvgIpc) is 2.53. The molecule has 4 fully saturated rings. The van der Waals surface area contributed by atoms with E-state index >= 15 is 0 Å². The predicted octanol–water partition coefficient (Wildman–Crippen LogP) is 3.74. The normalized spacial score (nSPS) is 34.8. The van der Waals surface area contributed by atoms with Crippen LogP contribution < -0.4 is 10.1 Å². The summed E-state index contributed by atoms with van der Waals surface area (Å²) >= 11 is 0. The highest BCUT2D eigenvalue weighted by molar-refractivity contribution is 5.97. The molecule has 5 rings (SSSR count). The van der Waals surface area contributed by atoms with E-state index in [-0.39, 0.29) is 23.1 Å². The van der Waals surface area contributed by atoms with E-state index < -0.39 is 0 Å². The van der Waals surface area contributed by atoms with E-state index in [0.717, 1.165) is 17.8 Å². The standard InChI is InChI=1S/C20H27NO3/c1-12(20-9-13-6-14(10-20)8-15(7-13)11-20)21-19(23)16-4-3-5-17(24-2)18(16)22/h3-5,12-15,22H,6-11H2,1-2H3,(H,21,23). The lowest BCUT2D eigenvalue weighted by atomic mass is 9.48. The highest BCUT2D eigenvalue weighted by Crippen LogP contribution is 2.61. The van der Waals surface area contributed by atoms with E-state index in [9.17, 15) is 9.90 Å². The molecule has 4 bridgehead atoms. The van der Waals surface area contributed by atoms with Gasteiger partial charge in [0.1, 0.15) is 0 Å². The second-order valence-corrected chi connectivity index (χ2v) is 8.33. The number of ether oxygens (including phenoxy) is 1. The minimum atomic E-state index is -0.199. The van der Waals surface area contributed by atoms with Crippen molar-refractivity contribution in [2.45, 2.75) is 51.5 Å². The molecule has 4 aliphatic rings. The fourth-order valence-electron chi connectivity index (χ4n) is 6.01. The van der Waals surface area contributed by atoms with Crippen molar-refractivity contribution < 1.29 is 14.6 Å². The van der Waals surface area contributed by atoms with Gasteiger partial charge in [-0.3, -0.25) is 4.79 Å². The first-order valence-electron chi connectivity index (χ1n) is 9.17. The van der Waals surface area contributed by atoms with Gasteiger partial charge >= 0.3 is 0 Å². The van der Waals surface area contributed by atoms with Crippen LogP contribution in [0, 0.1) is 23.2 Å². The van der Waals surface area contributed by atoms with Gasteiger partial charge in [-0.2, -0.15) is 0 Å². The monoisotopic (exact) mass is 329 g/mol. The molecular formula is C20H27NO3. The van der Waals surface area contributed by atoms with Crippen LogP contribution in [0.1, 0.15) is 55.8 Å². The van der Waals surface area contributed by atoms with E-state index in [1.165, 1.54) is 45.6 Å². The van der Waals surface area contributed by atoms with Gasteiger partial charge in [0, 0.05) is 6.04 Å². The first-order chi connectivity index (χ1) is 11.5. The summed E-state index contributed by atoms with van der Waals surface area (Å²) in [4.78, 5) is 12.7. The molecule has 0 spiro atoms. The number of phenolic OH excluding ortho intramolecular Hbond substituents is 1. The highest BCUT2D eigenvalue weighted by Gasteiger charge is 2.53. The molecule has 1 atom stereocenters. The van der Waals surface area contributed by atoms with Crippen molar-refractivity contribution in [1.29, 1.82) is 0 Å². The SMILES string of the molecule is COc1cccc(C(=O)NC(C)C23CC4CC(CC(C4)C2)C3)c1O. The smallest absolute Gasteiger partial charge is 0.255 e. The van der Waals surface area contributed by atoms with Gasteiger partial charge in [-0.25, -0.2) is 0 Å². The maximum absolute atomic E-state index is 12.7. The Morgan fingerprint density at radius 2 is 1.79 bits per heavy atom. The van der Waals surface area contributed by atoms with Crippen molar-refractivity contribution in [3.63, 3.8) is 0 Å². The number of aromatic hydroxyl groups is 1. The van der Waals surface area contributed by atoms with E-state index in [2.05, 4.69) is 12.2 Å². The fraction of sp³-hybridized carbons (Fsp3) is 0.650. The van der Waals surface area contributed by atoms with Crippen molar-refractivity contribution in [3.8, 4) is 11.5 Å². The Bertz CT molecular complexity index is 619. The molecule has 4 aliphatic carbocycles. The molecule has 4 saturated carbocycles. The Morgan fingerprint density at radius 3 is 2.33 bits per heavy atom. The van der Waals surface area contributed by atoms with Crippen molar-refractivity contribution in [2.75, 3.05) is 7.11 Å². The molecule has 4 nitrogen and oxygen atoms in total. The Labute approximate surface area is 143 Å². The summed E-state index contributed by atoms with van der Waals surface area (Å²) in [5, 5.41) is 13.4. The first kappa shape index (κ1) is 15.8. The van der Waals surface area contributed by atoms with Crippen LogP contribution in [-0.4, -0.2) is 24.2 Å². The number of rotatable bonds is 4. The Balaban J connectivity index is 1.52. The molecule has 130 valence electrons. The fourth-order valence-corrected chi connectivity index (χ4v) is 6.01. The van der Waals surface area contributed by atoms with E-state index in [0.29, 0.717) is 11.3 Å². The van der Waals surface area contributed by atoms with Crippen LogP contribution in [0.4, 0.5) is 0 Å². The zero-order chi connectivity index (χ0) is 16.9. The van der Waals surface area contributed by atoms with Crippen LogP contribution in [0.3, 0.4) is 0 Å². The molecule has 0 aliphatic heterocycles. The first-order valence-corrected chi connectivity index (χ1v) is 9.17. The summed E-state index contributed by atoms with van der Waals surface area (Å²) in [5.41, 5.74) is 0.560. The zero-order valence-corrected chi connectivity index (χ0v) is 14.5. The number of carbonyl (C=O) groups is 1. The van der Waals surface area contributed by atoms with Crippen LogP contribution in [0.15, 0.2) is 18.2 Å². The van der Waals surface area contributed by atoms with E-state index in [1.807, 2.05) is 0 Å². The maximum Gasteiger partial charge on any atom is 0.255 e. The van der Waals surface area contributed by atoms with Gasteiger partial charge < -0.3 is 15.2 Å². The number of carbonyl (C=O) groups excluding carboxylic acids is 1. The molecule has 1 unspecified atom stereocenters. The van der Waals surface area contributed by atoms with Gasteiger partial charge in [0.15, 0.2) is 11.5 Å². The minimum absolute atomic E-state index is 0.0739. The van der Waals surface area contributed by atoms with Gasteiger partial charge in [-0.1, -0.05) is 6.07 Å². The number of hydrogen-bond acceptors (Lipinski definition) is 3. The molecular weight excluding hydrogens is 302 g/mol. The summed E-state index contributed by atoms with van der Waals surface area (Å²) in [6.45, 7) is 2.16.